The number of carbonyl (C=O) groups excluding carboxylic acids is 1. The molecule has 1 aliphatic rings. The molecular weight excluding hydrogens is 306 g/mol. The summed E-state index contributed by atoms with van der Waals surface area (Å²) < 4.78 is 0. The van der Waals surface area contributed by atoms with Gasteiger partial charge in [0, 0.05) is 22.6 Å². The van der Waals surface area contributed by atoms with Crippen LogP contribution in [0.2, 0.25) is 0 Å². The number of hydrogen-bond donors (Lipinski definition) is 1. The van der Waals surface area contributed by atoms with Crippen molar-refractivity contribution in [2.45, 2.75) is 0 Å². The van der Waals surface area contributed by atoms with Gasteiger partial charge in [-0.2, -0.15) is 5.10 Å². The number of anilines is 1. The number of carbonyl (C=O) groups is 1. The van der Waals surface area contributed by atoms with E-state index in [2.05, 4.69) is 10.5 Å². The van der Waals surface area contributed by atoms with Gasteiger partial charge in [0.15, 0.2) is 0 Å². The monoisotopic (exact) mass is 317 g/mol. The molecule has 3 aromatic rings. The van der Waals surface area contributed by atoms with Gasteiger partial charge in [-0.05, 0) is 11.5 Å². The van der Waals surface area contributed by atoms with Crippen LogP contribution in [0.25, 0.3) is 10.8 Å². The van der Waals surface area contributed by atoms with Gasteiger partial charge in [0.2, 0.25) is 5.78 Å². The van der Waals surface area contributed by atoms with Gasteiger partial charge in [0.1, 0.15) is 11.4 Å². The van der Waals surface area contributed by atoms with Gasteiger partial charge < -0.3 is 0 Å². The molecule has 24 heavy (non-hydrogen) atoms. The number of nitro benzene ring substituents is 1. The van der Waals surface area contributed by atoms with E-state index in [0.717, 1.165) is 16.3 Å². The molecule has 6 heteroatoms. The Balaban J connectivity index is 1.80. The van der Waals surface area contributed by atoms with E-state index >= 15 is 0 Å². The fourth-order valence-electron chi connectivity index (χ4n) is 2.93. The molecule has 0 saturated carbocycles. The highest BCUT2D eigenvalue weighted by molar-refractivity contribution is 6.59. The number of ketones is 1. The van der Waals surface area contributed by atoms with Gasteiger partial charge in [0.05, 0.1) is 4.92 Å². The number of nitrogens with one attached hydrogen (secondary N) is 1. The molecule has 1 N–H and O–H groups in total. The van der Waals surface area contributed by atoms with Gasteiger partial charge in [-0.3, -0.25) is 20.3 Å². The first-order valence-corrected chi connectivity index (χ1v) is 7.31. The quantitative estimate of drug-likeness (QED) is 0.589. The Morgan fingerprint density at radius 1 is 0.917 bits per heavy atom. The number of hydrazone groups is 1. The van der Waals surface area contributed by atoms with E-state index in [4.69, 9.17) is 0 Å². The fourth-order valence-corrected chi connectivity index (χ4v) is 2.93. The van der Waals surface area contributed by atoms with Crippen LogP contribution >= 0.6 is 0 Å². The van der Waals surface area contributed by atoms with E-state index in [1.54, 1.807) is 24.3 Å². The molecule has 6 nitrogen and oxygen atoms in total. The average Bonchev–Trinajstić information content (AvgIpc) is 2.88. The molecule has 0 unspecified atom stereocenters. The summed E-state index contributed by atoms with van der Waals surface area (Å²) in [7, 11) is 0. The molecule has 0 spiro atoms. The van der Waals surface area contributed by atoms with Crippen molar-refractivity contribution in [3.63, 3.8) is 0 Å². The zero-order chi connectivity index (χ0) is 16.7. The van der Waals surface area contributed by atoms with Crippen LogP contribution < -0.4 is 5.43 Å². The molecule has 4 rings (SSSR count). The lowest BCUT2D eigenvalue weighted by Gasteiger charge is -2.03. The molecule has 0 atom stereocenters. The maximum Gasteiger partial charge on any atom is 0.294 e. The summed E-state index contributed by atoms with van der Waals surface area (Å²) in [5.74, 6) is -0.187. The van der Waals surface area contributed by atoms with Crippen LogP contribution in [0.3, 0.4) is 0 Å². The Hall–Kier alpha value is -3.54. The third kappa shape index (κ3) is 2.04. The lowest BCUT2D eigenvalue weighted by molar-refractivity contribution is -0.384. The highest BCUT2D eigenvalue weighted by Gasteiger charge is 2.28. The van der Waals surface area contributed by atoms with Crippen LogP contribution in [0.4, 0.5) is 11.4 Å². The minimum Gasteiger partial charge on any atom is -0.287 e. The first-order chi connectivity index (χ1) is 11.7. The van der Waals surface area contributed by atoms with Crippen LogP contribution in [-0.4, -0.2) is 16.4 Å². The van der Waals surface area contributed by atoms with Crippen molar-refractivity contribution in [3.05, 3.63) is 81.9 Å². The summed E-state index contributed by atoms with van der Waals surface area (Å²) >= 11 is 0. The van der Waals surface area contributed by atoms with E-state index < -0.39 is 4.92 Å². The highest BCUT2D eigenvalue weighted by atomic mass is 16.6. The van der Waals surface area contributed by atoms with Crippen molar-refractivity contribution >= 4 is 33.6 Å². The van der Waals surface area contributed by atoms with Gasteiger partial charge in [-0.15, -0.1) is 0 Å². The van der Waals surface area contributed by atoms with Crippen LogP contribution in [0.1, 0.15) is 15.9 Å². The largest absolute Gasteiger partial charge is 0.294 e. The van der Waals surface area contributed by atoms with Crippen LogP contribution in [0.15, 0.2) is 65.8 Å². The van der Waals surface area contributed by atoms with Crippen molar-refractivity contribution in [1.82, 2.24) is 0 Å². The average molecular weight is 317 g/mol. The van der Waals surface area contributed by atoms with Crippen molar-refractivity contribution in [1.29, 1.82) is 0 Å². The minimum absolute atomic E-state index is 0.0944. The second-order valence-electron chi connectivity index (χ2n) is 5.38. The second-order valence-corrected chi connectivity index (χ2v) is 5.38. The Morgan fingerprint density at radius 3 is 2.38 bits per heavy atom. The van der Waals surface area contributed by atoms with Crippen molar-refractivity contribution in [2.24, 2.45) is 5.10 Å². The number of nitrogens with zero attached hydrogens (tertiary/aromatic N) is 2. The highest BCUT2D eigenvalue weighted by Crippen LogP contribution is 2.31. The molecule has 0 aliphatic heterocycles. The number of benzene rings is 3. The summed E-state index contributed by atoms with van der Waals surface area (Å²) in [6, 6.07) is 17.3. The van der Waals surface area contributed by atoms with Gasteiger partial charge >= 0.3 is 0 Å². The fraction of sp³-hybridized carbons (Fsp3) is 0. The first kappa shape index (κ1) is 14.1. The lowest BCUT2D eigenvalue weighted by atomic mass is 10.1. The second kappa shape index (κ2) is 5.27. The molecule has 0 bridgehead atoms. The summed E-state index contributed by atoms with van der Waals surface area (Å²) in [6.07, 6.45) is 0. The zero-order valence-corrected chi connectivity index (χ0v) is 12.4. The normalized spacial score (nSPS) is 14.3. The molecule has 1 aliphatic carbocycles. The molecule has 0 amide bonds. The molecule has 0 radical (unpaired) electrons. The Labute approximate surface area is 136 Å². The van der Waals surface area contributed by atoms with Crippen molar-refractivity contribution in [2.75, 3.05) is 5.43 Å². The van der Waals surface area contributed by atoms with E-state index in [1.165, 1.54) is 6.07 Å². The van der Waals surface area contributed by atoms with E-state index in [-0.39, 0.29) is 22.9 Å². The summed E-state index contributed by atoms with van der Waals surface area (Å²) in [5, 5.41) is 17.1. The predicted molar refractivity (Wildman–Crippen MR) is 91.5 cm³/mol. The van der Waals surface area contributed by atoms with Gasteiger partial charge in [-0.1, -0.05) is 48.5 Å². The maximum absolute atomic E-state index is 12.6. The summed E-state index contributed by atoms with van der Waals surface area (Å²) in [6.45, 7) is 0. The summed E-state index contributed by atoms with van der Waals surface area (Å²) in [5.41, 5.74) is 4.42. The molecule has 0 heterocycles. The predicted octanol–water partition coefficient (Wildman–Crippen LogP) is 3.76. The van der Waals surface area contributed by atoms with Crippen molar-refractivity contribution in [3.8, 4) is 0 Å². The standard InChI is InChI=1S/C18H11N3O3/c22-18-13-8-4-6-11-5-3-7-12(16(11)13)17(18)20-19-14-9-1-2-10-15(14)21(23)24/h1-10,19H/b20-17-. The molecule has 0 fully saturated rings. The molecule has 0 saturated heterocycles. The molecule has 116 valence electrons. The number of hydrogen-bond acceptors (Lipinski definition) is 5. The number of Topliss-reactive ketones (excluding diaryl/α,β-unsaturated/α-hetero) is 1. The number of para-hydroxylation sites is 2. The third-order valence-electron chi connectivity index (χ3n) is 4.01. The Kier molecular flexibility index (Phi) is 3.09. The lowest BCUT2D eigenvalue weighted by Crippen LogP contribution is -2.11. The van der Waals surface area contributed by atoms with Crippen molar-refractivity contribution < 1.29 is 9.72 Å². The number of rotatable bonds is 3. The van der Waals surface area contributed by atoms with Crippen LogP contribution in [0.5, 0.6) is 0 Å². The SMILES string of the molecule is O=C1/C(=N\Nc2ccccc2[N+](=O)[O-])c2cccc3cccc1c23. The molecule has 0 aromatic heterocycles. The Bertz CT molecular complexity index is 1040. The smallest absolute Gasteiger partial charge is 0.287 e. The Morgan fingerprint density at radius 2 is 1.62 bits per heavy atom. The van der Waals surface area contributed by atoms with Crippen LogP contribution in [0, 0.1) is 10.1 Å². The first-order valence-electron chi connectivity index (χ1n) is 7.31. The van der Waals surface area contributed by atoms with E-state index in [9.17, 15) is 14.9 Å². The molecule has 3 aromatic carbocycles. The number of nitro groups is 1. The van der Waals surface area contributed by atoms with E-state index in [0.29, 0.717) is 5.56 Å². The minimum atomic E-state index is -0.492. The van der Waals surface area contributed by atoms with Crippen LogP contribution in [-0.2, 0) is 0 Å². The van der Waals surface area contributed by atoms with Gasteiger partial charge in [0.25, 0.3) is 5.69 Å². The van der Waals surface area contributed by atoms with E-state index in [1.807, 2.05) is 30.3 Å². The maximum atomic E-state index is 12.6. The third-order valence-corrected chi connectivity index (χ3v) is 4.01. The zero-order valence-electron chi connectivity index (χ0n) is 12.4. The topological polar surface area (TPSA) is 84.6 Å². The van der Waals surface area contributed by atoms with Gasteiger partial charge in [-0.25, -0.2) is 0 Å². The summed E-state index contributed by atoms with van der Waals surface area (Å²) in [4.78, 5) is 23.2. The molecular formula is C18H11N3O3.